The van der Waals surface area contributed by atoms with Crippen LogP contribution in [0.3, 0.4) is 0 Å². The second kappa shape index (κ2) is 5.20. The summed E-state index contributed by atoms with van der Waals surface area (Å²) in [6.45, 7) is 3.24. The standard InChI is InChI=1S/C18H20N4O/c1-3-14(4-1)21-7-6-17-20-15-11-13(16-5-2-10-23-16)12-19-18(15)22(17)9-8-21/h2,5,10-12,14H,1,3-4,6-9H2. The minimum atomic E-state index is 0.810. The van der Waals surface area contributed by atoms with Crippen molar-refractivity contribution in [3.63, 3.8) is 0 Å². The Balaban J connectivity index is 1.48. The zero-order chi connectivity index (χ0) is 15.2. The summed E-state index contributed by atoms with van der Waals surface area (Å²) in [5.74, 6) is 2.02. The van der Waals surface area contributed by atoms with E-state index in [1.54, 1.807) is 6.26 Å². The fourth-order valence-electron chi connectivity index (χ4n) is 3.76. The zero-order valence-corrected chi connectivity index (χ0v) is 13.1. The number of aromatic nitrogens is 3. The minimum absolute atomic E-state index is 0.810. The van der Waals surface area contributed by atoms with Crippen LogP contribution in [0.1, 0.15) is 25.1 Å². The molecular weight excluding hydrogens is 288 g/mol. The Morgan fingerprint density at radius 1 is 1.17 bits per heavy atom. The third kappa shape index (κ3) is 2.18. The summed E-state index contributed by atoms with van der Waals surface area (Å²) >= 11 is 0. The van der Waals surface area contributed by atoms with Gasteiger partial charge in [-0.05, 0) is 31.0 Å². The Kier molecular flexibility index (Phi) is 3.01. The minimum Gasteiger partial charge on any atom is -0.464 e. The summed E-state index contributed by atoms with van der Waals surface area (Å²) < 4.78 is 7.77. The average Bonchev–Trinajstić information content (AvgIpc) is 3.11. The van der Waals surface area contributed by atoms with Crippen LogP contribution in [0.2, 0.25) is 0 Å². The Labute approximate surface area is 134 Å². The van der Waals surface area contributed by atoms with Gasteiger partial charge < -0.3 is 8.98 Å². The number of pyridine rings is 1. The van der Waals surface area contributed by atoms with Crippen LogP contribution in [0.4, 0.5) is 0 Å². The Morgan fingerprint density at radius 2 is 2.13 bits per heavy atom. The second-order valence-electron chi connectivity index (χ2n) is 6.59. The molecule has 5 rings (SSSR count). The summed E-state index contributed by atoms with van der Waals surface area (Å²) in [6, 6.07) is 6.76. The molecule has 1 saturated carbocycles. The molecule has 4 heterocycles. The van der Waals surface area contributed by atoms with Crippen molar-refractivity contribution in [3.8, 4) is 11.3 Å². The molecule has 0 atom stereocenters. The van der Waals surface area contributed by atoms with Gasteiger partial charge in [0.25, 0.3) is 0 Å². The fraction of sp³-hybridized carbons (Fsp3) is 0.444. The first kappa shape index (κ1) is 13.3. The van der Waals surface area contributed by atoms with Crippen LogP contribution < -0.4 is 0 Å². The summed E-state index contributed by atoms with van der Waals surface area (Å²) in [5, 5.41) is 0. The fourth-order valence-corrected chi connectivity index (χ4v) is 3.76. The second-order valence-corrected chi connectivity index (χ2v) is 6.59. The highest BCUT2D eigenvalue weighted by Crippen LogP contribution is 2.28. The normalized spacial score (nSPS) is 19.5. The Bertz CT molecular complexity index is 832. The van der Waals surface area contributed by atoms with Crippen LogP contribution in [-0.2, 0) is 13.0 Å². The van der Waals surface area contributed by atoms with E-state index in [0.29, 0.717) is 0 Å². The lowest BCUT2D eigenvalue weighted by Crippen LogP contribution is -2.41. The lowest BCUT2D eigenvalue weighted by molar-refractivity contribution is 0.130. The highest BCUT2D eigenvalue weighted by molar-refractivity contribution is 5.77. The van der Waals surface area contributed by atoms with Crippen LogP contribution in [0.5, 0.6) is 0 Å². The first-order chi connectivity index (χ1) is 11.4. The molecule has 1 aliphatic heterocycles. The van der Waals surface area contributed by atoms with Gasteiger partial charge in [0.1, 0.15) is 17.1 Å². The number of imidazole rings is 1. The lowest BCUT2D eigenvalue weighted by atomic mass is 9.91. The zero-order valence-electron chi connectivity index (χ0n) is 13.1. The summed E-state index contributed by atoms with van der Waals surface area (Å²) in [5.41, 5.74) is 2.98. The number of rotatable bonds is 2. The van der Waals surface area contributed by atoms with Gasteiger partial charge in [0.05, 0.1) is 6.26 Å². The third-order valence-electron chi connectivity index (χ3n) is 5.29. The molecule has 5 heteroatoms. The van der Waals surface area contributed by atoms with Gasteiger partial charge in [0.15, 0.2) is 5.65 Å². The lowest BCUT2D eigenvalue weighted by Gasteiger charge is -2.36. The molecule has 0 saturated heterocycles. The van der Waals surface area contributed by atoms with E-state index in [4.69, 9.17) is 9.40 Å². The first-order valence-corrected chi connectivity index (χ1v) is 8.51. The predicted octanol–water partition coefficient (Wildman–Crippen LogP) is 3.10. The van der Waals surface area contributed by atoms with Crippen molar-refractivity contribution in [1.29, 1.82) is 0 Å². The van der Waals surface area contributed by atoms with Crippen LogP contribution in [0, 0.1) is 0 Å². The molecule has 23 heavy (non-hydrogen) atoms. The molecule has 3 aromatic rings. The SMILES string of the molecule is c1coc(-c2cnc3c(c2)nc2n3CCN(C3CCC3)CC2)c1. The van der Waals surface area contributed by atoms with E-state index in [1.807, 2.05) is 18.3 Å². The number of hydrogen-bond donors (Lipinski definition) is 0. The van der Waals surface area contributed by atoms with Gasteiger partial charge in [-0.1, -0.05) is 6.42 Å². The largest absolute Gasteiger partial charge is 0.464 e. The van der Waals surface area contributed by atoms with Crippen LogP contribution in [0.15, 0.2) is 35.1 Å². The first-order valence-electron chi connectivity index (χ1n) is 8.51. The monoisotopic (exact) mass is 308 g/mol. The van der Waals surface area contributed by atoms with Crippen molar-refractivity contribution >= 4 is 11.2 Å². The maximum absolute atomic E-state index is 5.47. The van der Waals surface area contributed by atoms with Gasteiger partial charge in [0.2, 0.25) is 0 Å². The quantitative estimate of drug-likeness (QED) is 0.730. The smallest absolute Gasteiger partial charge is 0.160 e. The number of furan rings is 1. The predicted molar refractivity (Wildman–Crippen MR) is 88.1 cm³/mol. The number of hydrogen-bond acceptors (Lipinski definition) is 4. The maximum atomic E-state index is 5.47. The molecule has 0 unspecified atom stereocenters. The van der Waals surface area contributed by atoms with E-state index in [1.165, 1.54) is 25.1 Å². The van der Waals surface area contributed by atoms with Crippen LogP contribution >= 0.6 is 0 Å². The van der Waals surface area contributed by atoms with E-state index in [-0.39, 0.29) is 0 Å². The molecule has 2 aliphatic rings. The molecule has 0 aromatic carbocycles. The molecule has 0 amide bonds. The average molecular weight is 308 g/mol. The van der Waals surface area contributed by atoms with E-state index < -0.39 is 0 Å². The van der Waals surface area contributed by atoms with Gasteiger partial charge in [0, 0.05) is 43.9 Å². The molecule has 0 N–H and O–H groups in total. The van der Waals surface area contributed by atoms with Gasteiger partial charge >= 0.3 is 0 Å². The van der Waals surface area contributed by atoms with Gasteiger partial charge in [-0.15, -0.1) is 0 Å². The topological polar surface area (TPSA) is 47.1 Å². The highest BCUT2D eigenvalue weighted by Gasteiger charge is 2.27. The van der Waals surface area contributed by atoms with Crippen molar-refractivity contribution in [2.75, 3.05) is 13.1 Å². The van der Waals surface area contributed by atoms with Crippen molar-refractivity contribution in [1.82, 2.24) is 19.4 Å². The molecule has 0 spiro atoms. The summed E-state index contributed by atoms with van der Waals surface area (Å²) in [7, 11) is 0. The maximum Gasteiger partial charge on any atom is 0.160 e. The van der Waals surface area contributed by atoms with Gasteiger partial charge in [-0.25, -0.2) is 9.97 Å². The van der Waals surface area contributed by atoms with Crippen molar-refractivity contribution in [3.05, 3.63) is 36.5 Å². The summed E-state index contributed by atoms with van der Waals surface area (Å²) in [6.07, 6.45) is 8.73. The molecule has 1 aliphatic carbocycles. The number of fused-ring (bicyclic) bond motifs is 3. The number of nitrogens with zero attached hydrogens (tertiary/aromatic N) is 4. The van der Waals surface area contributed by atoms with E-state index in [0.717, 1.165) is 54.6 Å². The molecule has 5 nitrogen and oxygen atoms in total. The van der Waals surface area contributed by atoms with Crippen molar-refractivity contribution < 1.29 is 4.42 Å². The third-order valence-corrected chi connectivity index (χ3v) is 5.29. The highest BCUT2D eigenvalue weighted by atomic mass is 16.3. The summed E-state index contributed by atoms with van der Waals surface area (Å²) in [4.78, 5) is 12.2. The molecule has 118 valence electrons. The Hall–Kier alpha value is -2.14. The molecule has 0 radical (unpaired) electrons. The Morgan fingerprint density at radius 3 is 2.91 bits per heavy atom. The molecule has 3 aromatic heterocycles. The van der Waals surface area contributed by atoms with E-state index in [2.05, 4.69) is 20.5 Å². The van der Waals surface area contributed by atoms with Crippen LogP contribution in [-0.4, -0.2) is 38.6 Å². The van der Waals surface area contributed by atoms with Gasteiger partial charge in [-0.3, -0.25) is 4.90 Å². The van der Waals surface area contributed by atoms with Crippen molar-refractivity contribution in [2.45, 2.75) is 38.3 Å². The molecule has 0 bridgehead atoms. The van der Waals surface area contributed by atoms with E-state index >= 15 is 0 Å². The molecule has 1 fully saturated rings. The van der Waals surface area contributed by atoms with Crippen LogP contribution in [0.25, 0.3) is 22.5 Å². The van der Waals surface area contributed by atoms with Gasteiger partial charge in [-0.2, -0.15) is 0 Å². The molecular formula is C18H20N4O. The van der Waals surface area contributed by atoms with E-state index in [9.17, 15) is 0 Å². The van der Waals surface area contributed by atoms with Crippen molar-refractivity contribution in [2.24, 2.45) is 0 Å².